The highest BCUT2D eigenvalue weighted by atomic mass is 16.7. The summed E-state index contributed by atoms with van der Waals surface area (Å²) >= 11 is 0. The quantitative estimate of drug-likeness (QED) is 0.130. The van der Waals surface area contributed by atoms with Crippen molar-refractivity contribution in [1.29, 1.82) is 0 Å². The molecule has 0 saturated carbocycles. The number of hydrogen-bond acceptors (Lipinski definition) is 15. The molecule has 3 aliphatic rings. The van der Waals surface area contributed by atoms with E-state index < -0.39 is 112 Å². The first-order chi connectivity index (χ1) is 17.5. The van der Waals surface area contributed by atoms with Crippen LogP contribution in [0.1, 0.15) is 20.3 Å². The lowest BCUT2D eigenvalue weighted by Crippen LogP contribution is -2.67. The van der Waals surface area contributed by atoms with Crippen LogP contribution in [0.5, 0.6) is 0 Å². The van der Waals surface area contributed by atoms with Gasteiger partial charge in [-0.15, -0.1) is 0 Å². The van der Waals surface area contributed by atoms with Gasteiger partial charge >= 0.3 is 0 Å². The van der Waals surface area contributed by atoms with Crippen LogP contribution in [0.25, 0.3) is 0 Å². The molecule has 0 spiro atoms. The molecule has 0 aromatic heterocycles. The molecule has 37 heavy (non-hydrogen) atoms. The van der Waals surface area contributed by atoms with Crippen LogP contribution in [0, 0.1) is 5.92 Å². The van der Waals surface area contributed by atoms with Crippen molar-refractivity contribution in [3.63, 3.8) is 0 Å². The zero-order valence-corrected chi connectivity index (χ0v) is 20.6. The highest BCUT2D eigenvalue weighted by molar-refractivity contribution is 4.98. The van der Waals surface area contributed by atoms with E-state index in [1.807, 2.05) is 0 Å². The Kier molecular flexibility index (Phi) is 11.0. The summed E-state index contributed by atoms with van der Waals surface area (Å²) < 4.78 is 28.4. The molecular weight excluding hydrogens is 504 g/mol. The Hall–Kier alpha value is -0.600. The Morgan fingerprint density at radius 2 is 1.05 bits per heavy atom. The van der Waals surface area contributed by atoms with E-state index in [1.165, 1.54) is 0 Å². The molecule has 15 heteroatoms. The third-order valence-electron chi connectivity index (χ3n) is 7.05. The first kappa shape index (κ1) is 30.9. The number of ether oxygens (including phenoxy) is 5. The highest BCUT2D eigenvalue weighted by Gasteiger charge is 2.54. The minimum absolute atomic E-state index is 0.0871. The van der Waals surface area contributed by atoms with Crippen LogP contribution in [0.15, 0.2) is 0 Å². The average Bonchev–Trinajstić information content (AvgIpc) is 2.87. The first-order valence-electron chi connectivity index (χ1n) is 12.3. The maximum absolute atomic E-state index is 11.3. The predicted octanol–water partition coefficient (Wildman–Crippen LogP) is -5.48. The Bertz CT molecular complexity index is 697. The van der Waals surface area contributed by atoms with Crippen molar-refractivity contribution in [2.45, 2.75) is 112 Å². The maximum atomic E-state index is 11.3. The maximum Gasteiger partial charge on any atom is 0.187 e. The van der Waals surface area contributed by atoms with Gasteiger partial charge in [0.25, 0.3) is 0 Å². The average molecular weight is 545 g/mol. The summed E-state index contributed by atoms with van der Waals surface area (Å²) in [7, 11) is 0. The van der Waals surface area contributed by atoms with Crippen molar-refractivity contribution in [2.75, 3.05) is 19.8 Å². The molecule has 0 aromatic rings. The van der Waals surface area contributed by atoms with Crippen LogP contribution < -0.4 is 0 Å². The van der Waals surface area contributed by atoms with E-state index in [2.05, 4.69) is 0 Å². The second-order valence-electron chi connectivity index (χ2n) is 9.98. The minimum Gasteiger partial charge on any atom is -0.396 e. The highest BCUT2D eigenvalue weighted by Crippen LogP contribution is 2.35. The van der Waals surface area contributed by atoms with Gasteiger partial charge in [-0.05, 0) is 12.3 Å². The van der Waals surface area contributed by atoms with E-state index in [1.54, 1.807) is 13.8 Å². The largest absolute Gasteiger partial charge is 0.396 e. The lowest BCUT2D eigenvalue weighted by atomic mass is 9.88. The fourth-order valence-electron chi connectivity index (χ4n) is 4.85. The Morgan fingerprint density at radius 3 is 1.54 bits per heavy atom. The molecule has 0 radical (unpaired) electrons. The molecule has 218 valence electrons. The molecule has 10 N–H and O–H groups in total. The summed E-state index contributed by atoms with van der Waals surface area (Å²) in [6, 6.07) is 0. The van der Waals surface area contributed by atoms with Crippen molar-refractivity contribution in [3.05, 3.63) is 0 Å². The predicted molar refractivity (Wildman–Crippen MR) is 118 cm³/mol. The smallest absolute Gasteiger partial charge is 0.187 e. The summed E-state index contributed by atoms with van der Waals surface area (Å²) in [6.45, 7) is 1.76. The van der Waals surface area contributed by atoms with Crippen molar-refractivity contribution < 1.29 is 74.7 Å². The zero-order valence-electron chi connectivity index (χ0n) is 20.6. The number of aliphatic hydroxyl groups is 10. The van der Waals surface area contributed by atoms with Crippen LogP contribution in [0.3, 0.4) is 0 Å². The molecule has 0 aliphatic carbocycles. The van der Waals surface area contributed by atoms with Gasteiger partial charge in [0.2, 0.25) is 0 Å². The third kappa shape index (κ3) is 6.42. The molecule has 0 bridgehead atoms. The van der Waals surface area contributed by atoms with Gasteiger partial charge in [0.1, 0.15) is 67.1 Å². The second-order valence-corrected chi connectivity index (χ2v) is 9.98. The van der Waals surface area contributed by atoms with Crippen LogP contribution in [0.2, 0.25) is 0 Å². The van der Waals surface area contributed by atoms with Crippen LogP contribution in [-0.2, 0) is 23.7 Å². The van der Waals surface area contributed by atoms with Crippen LogP contribution in [-0.4, -0.2) is 163 Å². The summed E-state index contributed by atoms with van der Waals surface area (Å²) in [6.07, 6.45) is -22.1. The number of hydrogen-bond donors (Lipinski definition) is 10. The summed E-state index contributed by atoms with van der Waals surface area (Å²) in [5.41, 5.74) is 0. The molecule has 0 unspecified atom stereocenters. The molecule has 3 rings (SSSR count). The Morgan fingerprint density at radius 1 is 0.568 bits per heavy atom. The monoisotopic (exact) mass is 544 g/mol. The van der Waals surface area contributed by atoms with E-state index in [4.69, 9.17) is 23.7 Å². The fourth-order valence-corrected chi connectivity index (χ4v) is 4.85. The van der Waals surface area contributed by atoms with E-state index in [0.29, 0.717) is 0 Å². The lowest BCUT2D eigenvalue weighted by molar-refractivity contribution is -0.367. The molecule has 3 heterocycles. The lowest BCUT2D eigenvalue weighted by Gasteiger charge is -2.49. The molecule has 0 amide bonds. The fraction of sp³-hybridized carbons (Fsp3) is 1.00. The van der Waals surface area contributed by atoms with Crippen molar-refractivity contribution >= 4 is 0 Å². The first-order valence-corrected chi connectivity index (χ1v) is 12.3. The summed E-state index contributed by atoms with van der Waals surface area (Å²) in [5.74, 6) is -0.318. The third-order valence-corrected chi connectivity index (χ3v) is 7.05. The van der Waals surface area contributed by atoms with E-state index in [9.17, 15) is 51.1 Å². The van der Waals surface area contributed by atoms with Gasteiger partial charge in [0.15, 0.2) is 12.6 Å². The molecule has 15 nitrogen and oxygen atoms in total. The number of aliphatic hydroxyl groups excluding tert-OH is 10. The van der Waals surface area contributed by atoms with Gasteiger partial charge in [-0.25, -0.2) is 0 Å². The van der Waals surface area contributed by atoms with Gasteiger partial charge in [-0.1, -0.05) is 13.8 Å². The van der Waals surface area contributed by atoms with Crippen molar-refractivity contribution in [3.8, 4) is 0 Å². The Labute approximate surface area is 213 Å². The van der Waals surface area contributed by atoms with Gasteiger partial charge in [-0.2, -0.15) is 0 Å². The van der Waals surface area contributed by atoms with Crippen molar-refractivity contribution in [1.82, 2.24) is 0 Å². The molecular formula is C22H40O15. The topological polar surface area (TPSA) is 248 Å². The Balaban J connectivity index is 1.83. The SMILES string of the molecule is CC(C)[C@@H]1O[C@H](CO)[C@@H](O[C@@H]2O[C@H](CCO)[C@@H](O)[C@H](O)[C@H]2O)[C@H](O)[C@H]1O[C@@H]1O[C@H](CO)[C@@H](O)[C@H](O)[C@H]1O. The summed E-state index contributed by atoms with van der Waals surface area (Å²) in [4.78, 5) is 0. The van der Waals surface area contributed by atoms with Crippen LogP contribution >= 0.6 is 0 Å². The second kappa shape index (κ2) is 13.2. The van der Waals surface area contributed by atoms with Crippen LogP contribution in [0.4, 0.5) is 0 Å². The van der Waals surface area contributed by atoms with E-state index >= 15 is 0 Å². The van der Waals surface area contributed by atoms with Gasteiger partial charge < -0.3 is 74.7 Å². The molecule has 0 aromatic carbocycles. The van der Waals surface area contributed by atoms with E-state index in [0.717, 1.165) is 0 Å². The molecule has 3 fully saturated rings. The summed E-state index contributed by atoms with van der Waals surface area (Å²) in [5, 5.41) is 101. The van der Waals surface area contributed by atoms with Gasteiger partial charge in [0.05, 0.1) is 25.4 Å². The zero-order chi connectivity index (χ0) is 27.6. The standard InChI is InChI=1S/C22H40O15/c1-7(2)18-20(37-22-16(31)14(29)12(27)9(5-24)35-22)17(32)19(10(6-25)33-18)36-21-15(30)13(28)11(26)8(34-21)3-4-23/h7-32H,3-6H2,1-2H3/t8-,9-,10-,11-,12-,13+,14+,15-,16-,17+,18+,19-,20-,21+,22+/m1/s1. The number of rotatable bonds is 9. The normalized spacial score (nSPS) is 49.4. The molecule has 3 aliphatic heterocycles. The van der Waals surface area contributed by atoms with Crippen molar-refractivity contribution in [2.24, 2.45) is 5.92 Å². The van der Waals surface area contributed by atoms with Gasteiger partial charge in [-0.3, -0.25) is 0 Å². The molecule has 3 saturated heterocycles. The molecule has 15 atom stereocenters. The minimum atomic E-state index is -1.76. The van der Waals surface area contributed by atoms with E-state index in [-0.39, 0.29) is 12.3 Å². The van der Waals surface area contributed by atoms with Gasteiger partial charge in [0, 0.05) is 6.61 Å².